The molecule has 0 saturated heterocycles. The molecule has 10 heteroatoms. The molecule has 0 spiro atoms. The van der Waals surface area contributed by atoms with Crippen LogP contribution in [0.25, 0.3) is 0 Å². The number of hydrogen-bond acceptors (Lipinski definition) is 4. The number of alkyl halides is 3. The van der Waals surface area contributed by atoms with E-state index in [4.69, 9.17) is 28.5 Å². The second-order valence-corrected chi connectivity index (χ2v) is 7.35. The summed E-state index contributed by atoms with van der Waals surface area (Å²) in [5, 5.41) is 11.7. The van der Waals surface area contributed by atoms with Crippen LogP contribution in [0.4, 0.5) is 18.9 Å². The topological polar surface area (TPSA) is 48.2 Å². The predicted octanol–water partition coefficient (Wildman–Crippen LogP) is 6.58. The van der Waals surface area contributed by atoms with Crippen molar-refractivity contribution in [2.75, 3.05) is 6.26 Å². The van der Waals surface area contributed by atoms with Crippen LogP contribution in [0.3, 0.4) is 0 Å². The molecule has 136 valence electrons. The molecule has 0 unspecified atom stereocenters. The Morgan fingerprint density at radius 1 is 1.19 bits per heavy atom. The minimum atomic E-state index is -4.48. The molecule has 0 heterocycles. The first-order valence-electron chi connectivity index (χ1n) is 6.87. The fourth-order valence-corrected chi connectivity index (χ4v) is 3.92. The summed E-state index contributed by atoms with van der Waals surface area (Å²) < 4.78 is 39.4. The van der Waals surface area contributed by atoms with Gasteiger partial charge in [0, 0.05) is 9.79 Å². The van der Waals surface area contributed by atoms with Gasteiger partial charge >= 0.3 is 6.18 Å². The van der Waals surface area contributed by atoms with Crippen LogP contribution in [-0.4, -0.2) is 11.4 Å². The molecular formula is C16H10Cl2F3N3S2. The molecule has 0 radical (unpaired) electrons. The minimum absolute atomic E-state index is 0.00370. The van der Waals surface area contributed by atoms with E-state index in [1.165, 1.54) is 42.1 Å². The van der Waals surface area contributed by atoms with Crippen LogP contribution in [0, 0.1) is 11.5 Å². The summed E-state index contributed by atoms with van der Waals surface area (Å²) in [5.74, 6) is 0. The first kappa shape index (κ1) is 20.8. The lowest BCUT2D eigenvalue weighted by Gasteiger charge is -2.14. The Labute approximate surface area is 166 Å². The number of benzene rings is 2. The molecular weight excluding hydrogens is 426 g/mol. The van der Waals surface area contributed by atoms with Gasteiger partial charge in [-0.2, -0.15) is 18.4 Å². The summed E-state index contributed by atoms with van der Waals surface area (Å²) in [6.07, 6.45) is -1.00. The maximum absolute atomic E-state index is 13.1. The van der Waals surface area contributed by atoms with Gasteiger partial charge in [-0.05, 0) is 30.5 Å². The van der Waals surface area contributed by atoms with Gasteiger partial charge in [0.2, 0.25) is 0 Å². The van der Waals surface area contributed by atoms with E-state index in [9.17, 15) is 13.2 Å². The number of hydrogen-bond donors (Lipinski definition) is 1. The first-order valence-corrected chi connectivity index (χ1v) is 9.67. The van der Waals surface area contributed by atoms with Gasteiger partial charge < -0.3 is 0 Å². The molecule has 0 bridgehead atoms. The Balaban J connectivity index is 2.41. The third-order valence-corrected chi connectivity index (χ3v) is 5.59. The normalized spacial score (nSPS) is 12.0. The molecule has 0 aromatic heterocycles. The summed E-state index contributed by atoms with van der Waals surface area (Å²) in [6, 6.07) is 8.13. The van der Waals surface area contributed by atoms with Crippen molar-refractivity contribution in [2.24, 2.45) is 4.99 Å². The number of halogens is 5. The molecule has 0 saturated carbocycles. The van der Waals surface area contributed by atoms with E-state index >= 15 is 0 Å². The Hall–Kier alpha value is -1.53. The van der Waals surface area contributed by atoms with Gasteiger partial charge in [0.15, 0.2) is 11.4 Å². The van der Waals surface area contributed by atoms with Crippen molar-refractivity contribution in [1.29, 1.82) is 5.26 Å². The number of nitrogens with zero attached hydrogens (tertiary/aromatic N) is 2. The van der Waals surface area contributed by atoms with Gasteiger partial charge in [-0.3, -0.25) is 5.32 Å². The SMILES string of the molecule is CSC(=Nc1cc(Cl)c(Sc2ccccc2C(F)(F)F)c(Cl)c1)NC#N. The number of aliphatic imine (C=N–C) groups is 1. The second kappa shape index (κ2) is 8.91. The third kappa shape index (κ3) is 5.24. The molecule has 3 nitrogen and oxygen atoms in total. The van der Waals surface area contributed by atoms with E-state index in [1.54, 1.807) is 12.4 Å². The van der Waals surface area contributed by atoms with Gasteiger partial charge in [-0.15, -0.1) is 0 Å². The Morgan fingerprint density at radius 3 is 2.35 bits per heavy atom. The lowest BCUT2D eigenvalue weighted by atomic mass is 10.2. The first-order chi connectivity index (χ1) is 12.3. The van der Waals surface area contributed by atoms with Crippen molar-refractivity contribution in [3.05, 3.63) is 52.0 Å². The summed E-state index contributed by atoms with van der Waals surface area (Å²) >= 11 is 14.5. The van der Waals surface area contributed by atoms with Crippen molar-refractivity contribution in [2.45, 2.75) is 16.0 Å². The van der Waals surface area contributed by atoms with Gasteiger partial charge in [0.05, 0.1) is 21.3 Å². The molecule has 2 rings (SSSR count). The van der Waals surface area contributed by atoms with E-state index in [-0.39, 0.29) is 14.9 Å². The van der Waals surface area contributed by atoms with Gasteiger partial charge in [-0.1, -0.05) is 58.9 Å². The summed E-state index contributed by atoms with van der Waals surface area (Å²) in [4.78, 5) is 4.47. The quantitative estimate of drug-likeness (QED) is 0.255. The van der Waals surface area contributed by atoms with E-state index < -0.39 is 11.7 Å². The van der Waals surface area contributed by atoms with E-state index in [0.29, 0.717) is 15.8 Å². The zero-order chi connectivity index (χ0) is 19.3. The number of thioether (sulfide) groups is 1. The Kier molecular flexibility index (Phi) is 7.12. The van der Waals surface area contributed by atoms with Gasteiger partial charge in [0.1, 0.15) is 0 Å². The van der Waals surface area contributed by atoms with Crippen molar-refractivity contribution >= 4 is 57.6 Å². The standard InChI is InChI=1S/C16H10Cl2F3N3S2/c1-25-15(23-8-22)24-9-6-11(17)14(12(18)7-9)26-13-5-3-2-4-10(13)16(19,20)21/h2-7H,1H3,(H,23,24). The highest BCUT2D eigenvalue weighted by molar-refractivity contribution is 8.13. The van der Waals surface area contributed by atoms with E-state index in [2.05, 4.69) is 10.3 Å². The largest absolute Gasteiger partial charge is 0.417 e. The molecule has 0 aliphatic carbocycles. The molecule has 26 heavy (non-hydrogen) atoms. The fourth-order valence-electron chi connectivity index (χ4n) is 1.90. The predicted molar refractivity (Wildman–Crippen MR) is 101 cm³/mol. The van der Waals surface area contributed by atoms with Crippen molar-refractivity contribution in [3.63, 3.8) is 0 Å². The lowest BCUT2D eigenvalue weighted by Crippen LogP contribution is -2.12. The maximum atomic E-state index is 13.1. The van der Waals surface area contributed by atoms with E-state index in [0.717, 1.165) is 17.8 Å². The number of nitrogens with one attached hydrogen (secondary N) is 1. The minimum Gasteiger partial charge on any atom is -0.271 e. The molecule has 0 fully saturated rings. The molecule has 2 aromatic rings. The third-order valence-electron chi connectivity index (χ3n) is 2.97. The monoisotopic (exact) mass is 435 g/mol. The number of amidine groups is 1. The highest BCUT2D eigenvalue weighted by Gasteiger charge is 2.33. The van der Waals surface area contributed by atoms with Crippen LogP contribution >= 0.6 is 46.7 Å². The highest BCUT2D eigenvalue weighted by atomic mass is 35.5. The molecule has 0 amide bonds. The van der Waals surface area contributed by atoms with Gasteiger partial charge in [-0.25, -0.2) is 4.99 Å². The van der Waals surface area contributed by atoms with E-state index in [1.807, 2.05) is 0 Å². The molecule has 1 N–H and O–H groups in total. The summed E-state index contributed by atoms with van der Waals surface area (Å²) in [5.41, 5.74) is -0.386. The molecule has 0 aliphatic rings. The van der Waals surface area contributed by atoms with Crippen LogP contribution in [-0.2, 0) is 6.18 Å². The van der Waals surface area contributed by atoms with Gasteiger partial charge in [0.25, 0.3) is 0 Å². The summed E-state index contributed by atoms with van der Waals surface area (Å²) in [6.45, 7) is 0. The Bertz CT molecular complexity index is 857. The number of nitriles is 1. The molecule has 0 atom stereocenters. The van der Waals surface area contributed by atoms with Crippen LogP contribution in [0.1, 0.15) is 5.56 Å². The van der Waals surface area contributed by atoms with Crippen LogP contribution in [0.2, 0.25) is 10.0 Å². The van der Waals surface area contributed by atoms with Crippen LogP contribution < -0.4 is 5.32 Å². The highest BCUT2D eigenvalue weighted by Crippen LogP contribution is 2.45. The lowest BCUT2D eigenvalue weighted by molar-refractivity contribution is -0.139. The van der Waals surface area contributed by atoms with Crippen molar-refractivity contribution in [1.82, 2.24) is 5.32 Å². The zero-order valence-corrected chi connectivity index (χ0v) is 16.2. The summed E-state index contributed by atoms with van der Waals surface area (Å²) in [7, 11) is 0. The smallest absolute Gasteiger partial charge is 0.271 e. The molecule has 2 aromatic carbocycles. The van der Waals surface area contributed by atoms with Crippen LogP contribution in [0.5, 0.6) is 0 Å². The second-order valence-electron chi connectivity index (χ2n) is 4.69. The fraction of sp³-hybridized carbons (Fsp3) is 0.125. The average Bonchev–Trinajstić information content (AvgIpc) is 2.57. The van der Waals surface area contributed by atoms with Crippen LogP contribution in [0.15, 0.2) is 51.2 Å². The average molecular weight is 436 g/mol. The van der Waals surface area contributed by atoms with Crippen molar-refractivity contribution < 1.29 is 13.2 Å². The maximum Gasteiger partial charge on any atom is 0.417 e. The zero-order valence-electron chi connectivity index (χ0n) is 13.1. The van der Waals surface area contributed by atoms with Crippen molar-refractivity contribution in [3.8, 4) is 6.19 Å². The number of rotatable bonds is 3. The Morgan fingerprint density at radius 2 is 1.81 bits per heavy atom. The molecule has 0 aliphatic heterocycles.